The molecule has 2 unspecified atom stereocenters. The van der Waals surface area contributed by atoms with Crippen LogP contribution in [0.1, 0.15) is 31.2 Å². The van der Waals surface area contributed by atoms with Crippen LogP contribution in [0.4, 0.5) is 5.69 Å². The van der Waals surface area contributed by atoms with E-state index >= 15 is 0 Å². The summed E-state index contributed by atoms with van der Waals surface area (Å²) < 4.78 is 27.0. The van der Waals surface area contributed by atoms with Gasteiger partial charge in [-0.25, -0.2) is 8.42 Å². The zero-order valence-electron chi connectivity index (χ0n) is 11.3. The molecule has 5 nitrogen and oxygen atoms in total. The summed E-state index contributed by atoms with van der Waals surface area (Å²) in [6.45, 7) is 0. The third-order valence-electron chi connectivity index (χ3n) is 4.36. The quantitative estimate of drug-likeness (QED) is 0.818. The summed E-state index contributed by atoms with van der Waals surface area (Å²) in [4.78, 5) is 0. The van der Waals surface area contributed by atoms with Crippen LogP contribution in [0.25, 0.3) is 0 Å². The van der Waals surface area contributed by atoms with Gasteiger partial charge in [-0.1, -0.05) is 18.2 Å². The van der Waals surface area contributed by atoms with E-state index in [1.807, 2.05) is 0 Å². The Morgan fingerprint density at radius 3 is 2.40 bits per heavy atom. The van der Waals surface area contributed by atoms with Gasteiger partial charge in [-0.15, -0.1) is 0 Å². The summed E-state index contributed by atoms with van der Waals surface area (Å²) >= 11 is 0. The van der Waals surface area contributed by atoms with Crippen molar-refractivity contribution in [3.63, 3.8) is 0 Å². The second-order valence-corrected chi connectivity index (χ2v) is 7.67. The monoisotopic (exact) mass is 296 g/mol. The van der Waals surface area contributed by atoms with Crippen molar-refractivity contribution >= 4 is 15.7 Å². The van der Waals surface area contributed by atoms with Crippen molar-refractivity contribution in [2.45, 2.75) is 49.6 Å². The summed E-state index contributed by atoms with van der Waals surface area (Å²) in [5, 5.41) is 9.77. The molecule has 2 bridgehead atoms. The number of nitrogen functional groups attached to an aromatic ring is 1. The maximum atomic E-state index is 12.7. The number of hydrogen-bond donors (Lipinski definition) is 2. The molecule has 6 heteroatoms. The third-order valence-corrected chi connectivity index (χ3v) is 6.27. The molecule has 2 saturated heterocycles. The normalized spacial score (nSPS) is 30.6. The van der Waals surface area contributed by atoms with Gasteiger partial charge in [0.05, 0.1) is 11.9 Å². The fourth-order valence-electron chi connectivity index (χ4n) is 3.50. The van der Waals surface area contributed by atoms with E-state index in [9.17, 15) is 13.5 Å². The summed E-state index contributed by atoms with van der Waals surface area (Å²) in [6.07, 6.45) is 2.46. The molecule has 0 aliphatic carbocycles. The van der Waals surface area contributed by atoms with Gasteiger partial charge in [-0.3, -0.25) is 0 Å². The highest BCUT2D eigenvalue weighted by molar-refractivity contribution is 7.88. The molecule has 0 spiro atoms. The number of rotatable bonds is 3. The summed E-state index contributed by atoms with van der Waals surface area (Å²) in [6, 6.07) is 6.99. The fourth-order valence-corrected chi connectivity index (χ4v) is 5.59. The van der Waals surface area contributed by atoms with Gasteiger partial charge in [0.15, 0.2) is 0 Å². The van der Waals surface area contributed by atoms with Gasteiger partial charge in [0.1, 0.15) is 0 Å². The van der Waals surface area contributed by atoms with E-state index in [1.54, 1.807) is 28.6 Å². The van der Waals surface area contributed by atoms with Crippen LogP contribution in [-0.2, 0) is 15.8 Å². The highest BCUT2D eigenvalue weighted by Gasteiger charge is 2.46. The lowest BCUT2D eigenvalue weighted by molar-refractivity contribution is 0.0768. The summed E-state index contributed by atoms with van der Waals surface area (Å²) in [5.41, 5.74) is 7.01. The Morgan fingerprint density at radius 1 is 1.20 bits per heavy atom. The molecule has 1 aromatic rings. The average molecular weight is 296 g/mol. The first-order valence-electron chi connectivity index (χ1n) is 7.00. The molecule has 2 fully saturated rings. The van der Waals surface area contributed by atoms with Gasteiger partial charge in [-0.2, -0.15) is 4.31 Å². The fraction of sp³-hybridized carbons (Fsp3) is 0.571. The lowest BCUT2D eigenvalue weighted by Gasteiger charge is -2.36. The van der Waals surface area contributed by atoms with Crippen LogP contribution < -0.4 is 5.73 Å². The molecule has 0 aromatic heterocycles. The number of anilines is 1. The number of nitrogens with zero attached hydrogens (tertiary/aromatic N) is 1. The highest BCUT2D eigenvalue weighted by Crippen LogP contribution is 2.38. The van der Waals surface area contributed by atoms with Gasteiger partial charge in [0.2, 0.25) is 10.0 Å². The molecule has 3 rings (SSSR count). The second kappa shape index (κ2) is 5.02. The number of sulfonamides is 1. The smallest absolute Gasteiger partial charge is 0.218 e. The van der Waals surface area contributed by atoms with Gasteiger partial charge in [0, 0.05) is 17.8 Å². The standard InChI is InChI=1S/C14H20N2O3S/c15-14-4-2-1-3-10(14)9-20(18,19)16-11-5-6-12(16)8-13(17)7-11/h1-4,11-13,17H,5-9,15H2. The molecule has 2 aliphatic rings. The molecule has 0 radical (unpaired) electrons. The number of aliphatic hydroxyl groups excluding tert-OH is 1. The maximum Gasteiger partial charge on any atom is 0.218 e. The third kappa shape index (κ3) is 2.43. The first kappa shape index (κ1) is 13.9. The lowest BCUT2D eigenvalue weighted by Crippen LogP contribution is -2.48. The van der Waals surface area contributed by atoms with E-state index in [-0.39, 0.29) is 23.9 Å². The molecule has 1 aromatic carbocycles. The van der Waals surface area contributed by atoms with Crippen LogP contribution >= 0.6 is 0 Å². The molecule has 3 N–H and O–H groups in total. The van der Waals surface area contributed by atoms with Gasteiger partial charge in [0.25, 0.3) is 0 Å². The molecule has 2 heterocycles. The number of para-hydroxylation sites is 1. The Kier molecular flexibility index (Phi) is 3.48. The molecular formula is C14H20N2O3S. The number of aliphatic hydroxyl groups is 1. The van der Waals surface area contributed by atoms with Crippen LogP contribution in [0.15, 0.2) is 24.3 Å². The maximum absolute atomic E-state index is 12.7. The van der Waals surface area contributed by atoms with E-state index in [0.29, 0.717) is 24.1 Å². The molecule has 110 valence electrons. The van der Waals surface area contributed by atoms with E-state index in [1.165, 1.54) is 0 Å². The van der Waals surface area contributed by atoms with Crippen LogP contribution in [0.2, 0.25) is 0 Å². The number of benzene rings is 1. The van der Waals surface area contributed by atoms with Gasteiger partial charge < -0.3 is 10.8 Å². The Labute approximate surface area is 119 Å². The van der Waals surface area contributed by atoms with E-state index in [2.05, 4.69) is 0 Å². The molecule has 0 amide bonds. The Balaban J connectivity index is 1.85. The van der Waals surface area contributed by atoms with Crippen molar-refractivity contribution in [2.75, 3.05) is 5.73 Å². The number of nitrogens with two attached hydrogens (primary N) is 1. The minimum atomic E-state index is -3.38. The minimum Gasteiger partial charge on any atom is -0.398 e. The van der Waals surface area contributed by atoms with Crippen LogP contribution in [0, 0.1) is 0 Å². The van der Waals surface area contributed by atoms with Gasteiger partial charge >= 0.3 is 0 Å². The summed E-state index contributed by atoms with van der Waals surface area (Å²) in [5.74, 6) is -0.0528. The largest absolute Gasteiger partial charge is 0.398 e. The molecule has 20 heavy (non-hydrogen) atoms. The van der Waals surface area contributed by atoms with Crippen molar-refractivity contribution < 1.29 is 13.5 Å². The van der Waals surface area contributed by atoms with Crippen LogP contribution in [0.3, 0.4) is 0 Å². The van der Waals surface area contributed by atoms with E-state index in [4.69, 9.17) is 5.73 Å². The van der Waals surface area contributed by atoms with Crippen molar-refractivity contribution in [3.8, 4) is 0 Å². The van der Waals surface area contributed by atoms with E-state index < -0.39 is 10.0 Å². The second-order valence-electron chi connectivity index (χ2n) is 5.80. The first-order valence-corrected chi connectivity index (χ1v) is 8.61. The zero-order valence-corrected chi connectivity index (χ0v) is 12.1. The lowest BCUT2D eigenvalue weighted by atomic mass is 10.0. The van der Waals surface area contributed by atoms with Crippen LogP contribution in [0.5, 0.6) is 0 Å². The predicted octanol–water partition coefficient (Wildman–Crippen LogP) is 1.09. The zero-order chi connectivity index (χ0) is 14.3. The number of hydrogen-bond acceptors (Lipinski definition) is 4. The Hall–Kier alpha value is -1.11. The van der Waals surface area contributed by atoms with E-state index in [0.717, 1.165) is 12.8 Å². The average Bonchev–Trinajstić information content (AvgIpc) is 2.66. The number of fused-ring (bicyclic) bond motifs is 2. The molecule has 2 atom stereocenters. The van der Waals surface area contributed by atoms with Crippen molar-refractivity contribution in [1.82, 2.24) is 4.31 Å². The molecule has 2 aliphatic heterocycles. The predicted molar refractivity (Wildman–Crippen MR) is 77.4 cm³/mol. The molecular weight excluding hydrogens is 276 g/mol. The van der Waals surface area contributed by atoms with Crippen molar-refractivity contribution in [3.05, 3.63) is 29.8 Å². The molecule has 0 saturated carbocycles. The van der Waals surface area contributed by atoms with Crippen LogP contribution in [-0.4, -0.2) is 36.0 Å². The van der Waals surface area contributed by atoms with Crippen molar-refractivity contribution in [2.24, 2.45) is 0 Å². The Morgan fingerprint density at radius 2 is 1.80 bits per heavy atom. The van der Waals surface area contributed by atoms with Gasteiger partial charge in [-0.05, 0) is 37.3 Å². The van der Waals surface area contributed by atoms with Crippen molar-refractivity contribution in [1.29, 1.82) is 0 Å². The number of piperidine rings is 1. The topological polar surface area (TPSA) is 83.6 Å². The first-order chi connectivity index (χ1) is 9.47. The Bertz CT molecular complexity index is 588. The minimum absolute atomic E-state index is 0.0429. The highest BCUT2D eigenvalue weighted by atomic mass is 32.2. The summed E-state index contributed by atoms with van der Waals surface area (Å²) in [7, 11) is -3.38. The SMILES string of the molecule is Nc1ccccc1CS(=O)(=O)N1C2CCC1CC(O)C2.